The van der Waals surface area contributed by atoms with Crippen molar-refractivity contribution in [2.45, 2.75) is 59.3 Å². The van der Waals surface area contributed by atoms with Gasteiger partial charge in [-0.25, -0.2) is 0 Å². The highest BCUT2D eigenvalue weighted by atomic mass is 14.4. The Hall–Kier alpha value is -0.520. The molecule has 78 valence electrons. The van der Waals surface area contributed by atoms with Crippen LogP contribution < -0.4 is 0 Å². The molecular formula is C14H22. The summed E-state index contributed by atoms with van der Waals surface area (Å²) in [6.45, 7) is 7.02. The first-order valence-corrected chi connectivity index (χ1v) is 5.99. The molecule has 0 aromatic heterocycles. The van der Waals surface area contributed by atoms with E-state index in [0.717, 1.165) is 0 Å². The summed E-state index contributed by atoms with van der Waals surface area (Å²) in [5.74, 6) is 0. The fourth-order valence-corrected chi connectivity index (χ4v) is 2.90. The van der Waals surface area contributed by atoms with E-state index in [-0.39, 0.29) is 0 Å². The zero-order valence-corrected chi connectivity index (χ0v) is 9.82. The van der Waals surface area contributed by atoms with Crippen molar-refractivity contribution in [2.24, 2.45) is 5.41 Å². The van der Waals surface area contributed by atoms with Gasteiger partial charge >= 0.3 is 0 Å². The van der Waals surface area contributed by atoms with Crippen LogP contribution in [0.5, 0.6) is 0 Å². The van der Waals surface area contributed by atoms with Crippen LogP contribution in [0.25, 0.3) is 0 Å². The molecule has 2 aliphatic rings. The maximum Gasteiger partial charge on any atom is -0.00968 e. The standard InChI is InChI=1S/C14H22/c1-11-9-13(10-12(11)2)14(3)7-5-4-6-8-14/h9H,4-8,10H2,1-3H3. The van der Waals surface area contributed by atoms with Gasteiger partial charge in [-0.2, -0.15) is 0 Å². The lowest BCUT2D eigenvalue weighted by Gasteiger charge is -2.35. The van der Waals surface area contributed by atoms with Crippen molar-refractivity contribution in [2.75, 3.05) is 0 Å². The second-order valence-electron chi connectivity index (χ2n) is 5.43. The quantitative estimate of drug-likeness (QED) is 0.566. The van der Waals surface area contributed by atoms with Crippen molar-refractivity contribution in [3.8, 4) is 0 Å². The topological polar surface area (TPSA) is 0 Å². The van der Waals surface area contributed by atoms with Crippen LogP contribution in [0.1, 0.15) is 59.3 Å². The van der Waals surface area contributed by atoms with E-state index in [4.69, 9.17) is 0 Å². The Balaban J connectivity index is 2.13. The monoisotopic (exact) mass is 190 g/mol. The molecule has 14 heavy (non-hydrogen) atoms. The molecule has 0 aromatic carbocycles. The molecule has 0 atom stereocenters. The van der Waals surface area contributed by atoms with E-state index < -0.39 is 0 Å². The Morgan fingerprint density at radius 1 is 1.07 bits per heavy atom. The molecule has 0 amide bonds. The highest BCUT2D eigenvalue weighted by molar-refractivity contribution is 5.39. The third-order valence-electron chi connectivity index (χ3n) is 4.25. The molecule has 0 bridgehead atoms. The molecule has 2 rings (SSSR count). The van der Waals surface area contributed by atoms with Gasteiger partial charge in [0, 0.05) is 0 Å². The molecule has 1 saturated carbocycles. The summed E-state index contributed by atoms with van der Waals surface area (Å²) in [5.41, 5.74) is 5.36. The van der Waals surface area contributed by atoms with E-state index in [0.29, 0.717) is 5.41 Å². The summed E-state index contributed by atoms with van der Waals surface area (Å²) in [6.07, 6.45) is 10.9. The summed E-state index contributed by atoms with van der Waals surface area (Å²) < 4.78 is 0. The van der Waals surface area contributed by atoms with Crippen molar-refractivity contribution in [1.82, 2.24) is 0 Å². The van der Waals surface area contributed by atoms with Crippen LogP contribution in [0, 0.1) is 5.41 Å². The van der Waals surface area contributed by atoms with Gasteiger partial charge in [-0.05, 0) is 38.5 Å². The molecule has 0 unspecified atom stereocenters. The van der Waals surface area contributed by atoms with Gasteiger partial charge in [-0.3, -0.25) is 0 Å². The van der Waals surface area contributed by atoms with Gasteiger partial charge in [-0.15, -0.1) is 0 Å². The molecule has 0 heterocycles. The molecule has 0 radical (unpaired) electrons. The van der Waals surface area contributed by atoms with Crippen LogP contribution >= 0.6 is 0 Å². The maximum atomic E-state index is 2.48. The summed E-state index contributed by atoms with van der Waals surface area (Å²) in [6, 6.07) is 0. The number of hydrogen-bond acceptors (Lipinski definition) is 0. The maximum absolute atomic E-state index is 2.48. The van der Waals surface area contributed by atoms with Crippen molar-refractivity contribution in [1.29, 1.82) is 0 Å². The van der Waals surface area contributed by atoms with Crippen LogP contribution in [0.15, 0.2) is 22.8 Å². The lowest BCUT2D eigenvalue weighted by molar-refractivity contribution is 0.264. The van der Waals surface area contributed by atoms with Gasteiger partial charge in [0.25, 0.3) is 0 Å². The molecular weight excluding hydrogens is 168 g/mol. The minimum Gasteiger partial charge on any atom is -0.0663 e. The largest absolute Gasteiger partial charge is 0.0663 e. The molecule has 0 N–H and O–H groups in total. The van der Waals surface area contributed by atoms with E-state index in [1.54, 1.807) is 11.1 Å². The van der Waals surface area contributed by atoms with E-state index in [2.05, 4.69) is 26.8 Å². The second kappa shape index (κ2) is 3.56. The average molecular weight is 190 g/mol. The van der Waals surface area contributed by atoms with E-state index >= 15 is 0 Å². The van der Waals surface area contributed by atoms with Crippen molar-refractivity contribution < 1.29 is 0 Å². The van der Waals surface area contributed by atoms with Crippen LogP contribution in [0.4, 0.5) is 0 Å². The summed E-state index contributed by atoms with van der Waals surface area (Å²) in [5, 5.41) is 0. The lowest BCUT2D eigenvalue weighted by Crippen LogP contribution is -2.22. The Morgan fingerprint density at radius 2 is 1.71 bits per heavy atom. The SMILES string of the molecule is CC1=C(C)CC(C2(C)CCCCC2)=C1. The summed E-state index contributed by atoms with van der Waals surface area (Å²) in [7, 11) is 0. The van der Waals surface area contributed by atoms with Gasteiger partial charge in [0.15, 0.2) is 0 Å². The smallest absolute Gasteiger partial charge is 0.00968 e. The molecule has 0 spiro atoms. The molecule has 0 nitrogen and oxygen atoms in total. The zero-order valence-electron chi connectivity index (χ0n) is 9.82. The van der Waals surface area contributed by atoms with E-state index in [9.17, 15) is 0 Å². The highest BCUT2D eigenvalue weighted by Crippen LogP contribution is 2.46. The second-order valence-corrected chi connectivity index (χ2v) is 5.43. The Bertz CT molecular complexity index is 285. The predicted molar refractivity (Wildman–Crippen MR) is 62.3 cm³/mol. The van der Waals surface area contributed by atoms with Gasteiger partial charge in [0.05, 0.1) is 0 Å². The number of rotatable bonds is 1. The first-order chi connectivity index (χ1) is 6.62. The van der Waals surface area contributed by atoms with Crippen LogP contribution in [-0.4, -0.2) is 0 Å². The third kappa shape index (κ3) is 1.67. The summed E-state index contributed by atoms with van der Waals surface area (Å²) in [4.78, 5) is 0. The zero-order chi connectivity index (χ0) is 10.2. The lowest BCUT2D eigenvalue weighted by atomic mass is 9.70. The normalized spacial score (nSPS) is 26.6. The number of hydrogen-bond donors (Lipinski definition) is 0. The van der Waals surface area contributed by atoms with Gasteiger partial charge in [-0.1, -0.05) is 49.0 Å². The van der Waals surface area contributed by atoms with Crippen molar-refractivity contribution in [3.63, 3.8) is 0 Å². The Labute approximate surface area is 88.1 Å². The number of allylic oxidation sites excluding steroid dienone is 4. The minimum atomic E-state index is 0.539. The fraction of sp³-hybridized carbons (Fsp3) is 0.714. The molecule has 0 aliphatic heterocycles. The molecule has 0 saturated heterocycles. The predicted octanol–water partition coefficient (Wildman–Crippen LogP) is 4.62. The molecule has 1 fully saturated rings. The Kier molecular flexibility index (Phi) is 2.55. The average Bonchev–Trinajstić information content (AvgIpc) is 2.49. The first kappa shape index (κ1) is 10.0. The molecule has 2 aliphatic carbocycles. The van der Waals surface area contributed by atoms with Crippen LogP contribution in [0.3, 0.4) is 0 Å². The molecule has 0 aromatic rings. The first-order valence-electron chi connectivity index (χ1n) is 5.99. The van der Waals surface area contributed by atoms with E-state index in [1.165, 1.54) is 44.1 Å². The highest BCUT2D eigenvalue weighted by Gasteiger charge is 2.32. The van der Waals surface area contributed by atoms with Gasteiger partial charge in [0.1, 0.15) is 0 Å². The summed E-state index contributed by atoms with van der Waals surface area (Å²) >= 11 is 0. The fourth-order valence-electron chi connectivity index (χ4n) is 2.90. The van der Waals surface area contributed by atoms with Crippen molar-refractivity contribution >= 4 is 0 Å². The van der Waals surface area contributed by atoms with Gasteiger partial charge < -0.3 is 0 Å². The third-order valence-corrected chi connectivity index (χ3v) is 4.25. The van der Waals surface area contributed by atoms with Gasteiger partial charge in [0.2, 0.25) is 0 Å². The molecule has 0 heteroatoms. The minimum absolute atomic E-state index is 0.539. The van der Waals surface area contributed by atoms with Crippen LogP contribution in [0.2, 0.25) is 0 Å². The van der Waals surface area contributed by atoms with Crippen molar-refractivity contribution in [3.05, 3.63) is 22.8 Å². The Morgan fingerprint density at radius 3 is 2.21 bits per heavy atom. The van der Waals surface area contributed by atoms with E-state index in [1.807, 2.05) is 0 Å². The van der Waals surface area contributed by atoms with Crippen LogP contribution in [-0.2, 0) is 0 Å².